The van der Waals surface area contributed by atoms with E-state index in [1.165, 1.54) is 35.5 Å². The Hall–Kier alpha value is -3.93. The molecule has 31 heavy (non-hydrogen) atoms. The first-order chi connectivity index (χ1) is 15.1. The van der Waals surface area contributed by atoms with Gasteiger partial charge in [0.2, 0.25) is 0 Å². The topological polar surface area (TPSA) is 133 Å². The second-order valence-corrected chi connectivity index (χ2v) is 7.06. The van der Waals surface area contributed by atoms with E-state index in [-0.39, 0.29) is 18.3 Å². The van der Waals surface area contributed by atoms with Gasteiger partial charge in [0, 0.05) is 12.3 Å². The SMILES string of the molecule is O=C(O)NC1COCC(n2c(-c3ncccc3F)nc3cnc(-n4nccn4)cc32)C1. The van der Waals surface area contributed by atoms with Crippen LogP contribution in [0.3, 0.4) is 0 Å². The number of carbonyl (C=O) groups is 1. The van der Waals surface area contributed by atoms with Gasteiger partial charge in [0.15, 0.2) is 17.5 Å². The van der Waals surface area contributed by atoms with E-state index in [9.17, 15) is 9.18 Å². The summed E-state index contributed by atoms with van der Waals surface area (Å²) in [6.45, 7) is 0.565. The number of halogens is 1. The summed E-state index contributed by atoms with van der Waals surface area (Å²) < 4.78 is 22.1. The van der Waals surface area contributed by atoms with E-state index in [1.54, 1.807) is 12.3 Å². The van der Waals surface area contributed by atoms with Crippen molar-refractivity contribution in [2.75, 3.05) is 13.2 Å². The number of pyridine rings is 2. The molecule has 0 bridgehead atoms. The minimum absolute atomic E-state index is 0.0887. The zero-order valence-corrected chi connectivity index (χ0v) is 16.1. The summed E-state index contributed by atoms with van der Waals surface area (Å²) in [5.74, 6) is 0.256. The smallest absolute Gasteiger partial charge is 0.404 e. The van der Waals surface area contributed by atoms with Crippen molar-refractivity contribution in [3.63, 3.8) is 0 Å². The van der Waals surface area contributed by atoms with Crippen LogP contribution in [0.1, 0.15) is 12.5 Å². The van der Waals surface area contributed by atoms with Gasteiger partial charge in [-0.3, -0.25) is 0 Å². The van der Waals surface area contributed by atoms with Crippen LogP contribution in [0, 0.1) is 5.82 Å². The highest BCUT2D eigenvalue weighted by Crippen LogP contribution is 2.32. The van der Waals surface area contributed by atoms with Gasteiger partial charge in [-0.15, -0.1) is 4.80 Å². The number of fused-ring (bicyclic) bond motifs is 1. The van der Waals surface area contributed by atoms with Gasteiger partial charge in [0.1, 0.15) is 11.2 Å². The Balaban J connectivity index is 1.67. The summed E-state index contributed by atoms with van der Waals surface area (Å²) >= 11 is 0. The number of hydrogen-bond acceptors (Lipinski definition) is 7. The van der Waals surface area contributed by atoms with E-state index in [0.717, 1.165) is 0 Å². The molecule has 5 rings (SSSR count). The van der Waals surface area contributed by atoms with Gasteiger partial charge >= 0.3 is 6.09 Å². The number of amides is 1. The quantitative estimate of drug-likeness (QED) is 0.507. The molecular weight excluding hydrogens is 407 g/mol. The van der Waals surface area contributed by atoms with Crippen molar-refractivity contribution in [2.24, 2.45) is 0 Å². The van der Waals surface area contributed by atoms with Crippen molar-refractivity contribution in [3.05, 3.63) is 48.8 Å². The molecule has 1 aliphatic rings. The van der Waals surface area contributed by atoms with Crippen LogP contribution in [-0.4, -0.2) is 65.0 Å². The highest BCUT2D eigenvalue weighted by atomic mass is 19.1. The number of nitrogens with zero attached hydrogens (tertiary/aromatic N) is 7. The lowest BCUT2D eigenvalue weighted by Crippen LogP contribution is -2.43. The lowest BCUT2D eigenvalue weighted by molar-refractivity contribution is 0.0371. The normalized spacial score (nSPS) is 18.9. The first-order valence-corrected chi connectivity index (χ1v) is 9.53. The Kier molecular flexibility index (Phi) is 4.75. The third-order valence-corrected chi connectivity index (χ3v) is 5.03. The largest absolute Gasteiger partial charge is 0.465 e. The molecule has 0 spiro atoms. The van der Waals surface area contributed by atoms with Crippen LogP contribution < -0.4 is 5.32 Å². The highest BCUT2D eigenvalue weighted by Gasteiger charge is 2.30. The average molecular weight is 424 g/mol. The van der Waals surface area contributed by atoms with Crippen molar-refractivity contribution in [1.82, 2.24) is 39.8 Å². The number of imidazole rings is 1. The van der Waals surface area contributed by atoms with E-state index in [4.69, 9.17) is 9.84 Å². The fourth-order valence-corrected chi connectivity index (χ4v) is 3.78. The second-order valence-electron chi connectivity index (χ2n) is 7.06. The van der Waals surface area contributed by atoms with Crippen molar-refractivity contribution >= 4 is 17.1 Å². The van der Waals surface area contributed by atoms with E-state index in [2.05, 4.69) is 30.5 Å². The molecule has 1 amide bonds. The van der Waals surface area contributed by atoms with Crippen molar-refractivity contribution in [1.29, 1.82) is 0 Å². The minimum Gasteiger partial charge on any atom is -0.465 e. The molecule has 0 aliphatic carbocycles. The summed E-state index contributed by atoms with van der Waals surface area (Å²) in [5.41, 5.74) is 1.28. The Morgan fingerprint density at radius 1 is 1.23 bits per heavy atom. The van der Waals surface area contributed by atoms with Gasteiger partial charge in [0.05, 0.1) is 49.4 Å². The summed E-state index contributed by atoms with van der Waals surface area (Å²) in [6, 6.07) is 3.85. The molecule has 4 aromatic rings. The molecule has 0 radical (unpaired) electrons. The van der Waals surface area contributed by atoms with Crippen LogP contribution in [0.15, 0.2) is 43.0 Å². The van der Waals surface area contributed by atoms with Gasteiger partial charge in [-0.2, -0.15) is 10.2 Å². The van der Waals surface area contributed by atoms with Crippen LogP contribution in [-0.2, 0) is 4.74 Å². The van der Waals surface area contributed by atoms with Crippen LogP contribution >= 0.6 is 0 Å². The molecule has 2 atom stereocenters. The molecule has 1 aliphatic heterocycles. The van der Waals surface area contributed by atoms with Gasteiger partial charge in [-0.1, -0.05) is 0 Å². The molecule has 11 nitrogen and oxygen atoms in total. The van der Waals surface area contributed by atoms with E-state index in [0.29, 0.717) is 35.7 Å². The minimum atomic E-state index is -1.13. The number of carboxylic acid groups (broad SMARTS) is 1. The third kappa shape index (κ3) is 3.57. The van der Waals surface area contributed by atoms with Crippen LogP contribution in [0.2, 0.25) is 0 Å². The van der Waals surface area contributed by atoms with Crippen LogP contribution in [0.25, 0.3) is 28.4 Å². The zero-order chi connectivity index (χ0) is 21.4. The monoisotopic (exact) mass is 424 g/mol. The molecule has 2 N–H and O–H groups in total. The Morgan fingerprint density at radius 3 is 2.84 bits per heavy atom. The molecule has 158 valence electrons. The fourth-order valence-electron chi connectivity index (χ4n) is 3.78. The second kappa shape index (κ2) is 7.72. The van der Waals surface area contributed by atoms with Gasteiger partial charge in [0.25, 0.3) is 0 Å². The van der Waals surface area contributed by atoms with Crippen molar-refractivity contribution < 1.29 is 19.0 Å². The molecular formula is C19H17FN8O3. The Labute approximate surface area is 174 Å². The molecule has 5 heterocycles. The molecule has 2 unspecified atom stereocenters. The highest BCUT2D eigenvalue weighted by molar-refractivity contribution is 5.81. The summed E-state index contributed by atoms with van der Waals surface area (Å²) in [6.07, 6.45) is 5.44. The van der Waals surface area contributed by atoms with Gasteiger partial charge < -0.3 is 19.7 Å². The molecule has 12 heteroatoms. The molecule has 0 saturated carbocycles. The van der Waals surface area contributed by atoms with Crippen molar-refractivity contribution in [2.45, 2.75) is 18.5 Å². The molecule has 4 aromatic heterocycles. The average Bonchev–Trinajstić information content (AvgIpc) is 3.41. The number of hydrogen-bond donors (Lipinski definition) is 2. The maximum atomic E-state index is 14.6. The van der Waals surface area contributed by atoms with E-state index >= 15 is 0 Å². The van der Waals surface area contributed by atoms with Gasteiger partial charge in [-0.25, -0.2) is 24.1 Å². The first kappa shape index (κ1) is 19.1. The first-order valence-electron chi connectivity index (χ1n) is 9.53. The standard InChI is InChI=1S/C19H17FN8O3/c20-13-2-1-3-21-17(13)18-26-14-8-22-16(28-23-4-5-24-28)7-15(14)27(18)12-6-11(9-31-10-12)25-19(29)30/h1-5,7-8,11-12,25H,6,9-10H2,(H,29,30). The predicted octanol–water partition coefficient (Wildman–Crippen LogP) is 1.81. The summed E-state index contributed by atoms with van der Waals surface area (Å²) in [4.78, 5) is 25.6. The Morgan fingerprint density at radius 2 is 2.06 bits per heavy atom. The molecule has 0 aromatic carbocycles. The van der Waals surface area contributed by atoms with Crippen LogP contribution in [0.5, 0.6) is 0 Å². The van der Waals surface area contributed by atoms with Crippen molar-refractivity contribution in [3.8, 4) is 17.3 Å². The fraction of sp³-hybridized carbons (Fsp3) is 0.263. The summed E-state index contributed by atoms with van der Waals surface area (Å²) in [5, 5.41) is 19.8. The van der Waals surface area contributed by atoms with Gasteiger partial charge in [-0.05, 0) is 18.6 Å². The van der Waals surface area contributed by atoms with E-state index < -0.39 is 18.0 Å². The zero-order valence-electron chi connectivity index (χ0n) is 16.1. The number of aromatic nitrogens is 7. The predicted molar refractivity (Wildman–Crippen MR) is 105 cm³/mol. The maximum absolute atomic E-state index is 14.6. The Bertz CT molecular complexity index is 1240. The summed E-state index contributed by atoms with van der Waals surface area (Å²) in [7, 11) is 0. The van der Waals surface area contributed by atoms with E-state index in [1.807, 2.05) is 4.57 Å². The lowest BCUT2D eigenvalue weighted by atomic mass is 10.0. The number of rotatable bonds is 4. The van der Waals surface area contributed by atoms with Crippen LogP contribution in [0.4, 0.5) is 9.18 Å². The number of ether oxygens (including phenoxy) is 1. The third-order valence-electron chi connectivity index (χ3n) is 5.03. The molecule has 1 saturated heterocycles. The number of nitrogens with one attached hydrogen (secondary N) is 1. The molecule has 1 fully saturated rings. The lowest BCUT2D eigenvalue weighted by Gasteiger charge is -2.31. The maximum Gasteiger partial charge on any atom is 0.404 e.